The predicted molar refractivity (Wildman–Crippen MR) is 61.7 cm³/mol. The number of carbonyl (C=O) groups is 2. The number of nitrogens with zero attached hydrogens (tertiary/aromatic N) is 3. The first kappa shape index (κ1) is 14.0. The number of aliphatic hydroxyl groups is 1. The number of hydrogen-bond donors (Lipinski definition) is 3. The van der Waals surface area contributed by atoms with Gasteiger partial charge in [-0.3, -0.25) is 4.68 Å². The second kappa shape index (κ2) is 6.01. The fraction of sp³-hybridized carbons (Fsp3) is 0.500. The number of amides is 2. The zero-order chi connectivity index (χ0) is 13.7. The highest BCUT2D eigenvalue weighted by molar-refractivity contribution is 5.76. The average Bonchev–Trinajstić information content (AvgIpc) is 2.70. The number of carboxylic acids is 1. The van der Waals surface area contributed by atoms with Crippen LogP contribution < -0.4 is 5.32 Å². The summed E-state index contributed by atoms with van der Waals surface area (Å²) in [7, 11) is 3.34. The average molecular weight is 256 g/mol. The summed E-state index contributed by atoms with van der Waals surface area (Å²) >= 11 is 0. The van der Waals surface area contributed by atoms with E-state index in [-0.39, 0.29) is 6.54 Å². The van der Waals surface area contributed by atoms with Crippen molar-refractivity contribution in [3.05, 3.63) is 18.0 Å². The molecule has 2 amide bonds. The van der Waals surface area contributed by atoms with Crippen LogP contribution in [0.4, 0.5) is 4.79 Å². The SMILES string of the molecule is CN(Cc1cnn(C)c1)C(=O)NCC(O)C(=O)O. The maximum absolute atomic E-state index is 11.6. The highest BCUT2D eigenvalue weighted by Gasteiger charge is 2.16. The number of urea groups is 1. The number of rotatable bonds is 5. The van der Waals surface area contributed by atoms with E-state index in [1.54, 1.807) is 31.2 Å². The molecule has 8 nitrogen and oxygen atoms in total. The van der Waals surface area contributed by atoms with E-state index in [4.69, 9.17) is 10.2 Å². The fourth-order valence-electron chi connectivity index (χ4n) is 1.31. The van der Waals surface area contributed by atoms with Crippen molar-refractivity contribution in [2.45, 2.75) is 12.6 Å². The Kier molecular flexibility index (Phi) is 4.67. The Labute approximate surface area is 104 Å². The molecule has 0 bridgehead atoms. The monoisotopic (exact) mass is 256 g/mol. The molecule has 1 aromatic heterocycles. The topological polar surface area (TPSA) is 108 Å². The first-order chi connectivity index (χ1) is 8.40. The van der Waals surface area contributed by atoms with Crippen LogP contribution in [0.2, 0.25) is 0 Å². The summed E-state index contributed by atoms with van der Waals surface area (Å²) in [6.45, 7) is 0.0222. The van der Waals surface area contributed by atoms with Gasteiger partial charge in [-0.05, 0) is 0 Å². The van der Waals surface area contributed by atoms with E-state index in [9.17, 15) is 9.59 Å². The lowest BCUT2D eigenvalue weighted by Gasteiger charge is -2.17. The van der Waals surface area contributed by atoms with Crippen molar-refractivity contribution in [1.29, 1.82) is 0 Å². The van der Waals surface area contributed by atoms with Crippen molar-refractivity contribution in [3.8, 4) is 0 Å². The van der Waals surface area contributed by atoms with Gasteiger partial charge in [0.1, 0.15) is 0 Å². The Morgan fingerprint density at radius 1 is 1.61 bits per heavy atom. The second-order valence-corrected chi connectivity index (χ2v) is 3.92. The zero-order valence-corrected chi connectivity index (χ0v) is 10.2. The molecule has 1 atom stereocenters. The van der Waals surface area contributed by atoms with Gasteiger partial charge in [0, 0.05) is 25.9 Å². The van der Waals surface area contributed by atoms with Crippen molar-refractivity contribution in [3.63, 3.8) is 0 Å². The molecule has 0 saturated carbocycles. The molecule has 0 radical (unpaired) electrons. The number of aliphatic carboxylic acids is 1. The molecule has 0 spiro atoms. The summed E-state index contributed by atoms with van der Waals surface area (Å²) < 4.78 is 1.62. The standard InChI is InChI=1S/C10H16N4O4/c1-13(5-7-3-12-14(2)6-7)10(18)11-4-8(15)9(16)17/h3,6,8,15H,4-5H2,1-2H3,(H,11,18)(H,16,17). The van der Waals surface area contributed by atoms with Crippen LogP contribution in [0.15, 0.2) is 12.4 Å². The molecule has 1 aromatic rings. The third-order valence-electron chi connectivity index (χ3n) is 2.26. The third-order valence-corrected chi connectivity index (χ3v) is 2.26. The number of hydrogen-bond acceptors (Lipinski definition) is 4. The van der Waals surface area contributed by atoms with E-state index in [1.807, 2.05) is 0 Å². The first-order valence-corrected chi connectivity index (χ1v) is 5.27. The molecule has 3 N–H and O–H groups in total. The molecule has 8 heteroatoms. The Bertz CT molecular complexity index is 431. The maximum Gasteiger partial charge on any atom is 0.334 e. The van der Waals surface area contributed by atoms with Crippen molar-refractivity contribution in [1.82, 2.24) is 20.0 Å². The van der Waals surface area contributed by atoms with Crippen molar-refractivity contribution < 1.29 is 19.8 Å². The van der Waals surface area contributed by atoms with Crippen LogP contribution >= 0.6 is 0 Å². The summed E-state index contributed by atoms with van der Waals surface area (Å²) in [5, 5.41) is 23.7. The van der Waals surface area contributed by atoms with Crippen LogP contribution in [0.1, 0.15) is 5.56 Å². The number of carboxylic acid groups (broad SMARTS) is 1. The molecule has 0 aliphatic heterocycles. The van der Waals surface area contributed by atoms with Gasteiger partial charge < -0.3 is 20.4 Å². The predicted octanol–water partition coefficient (Wildman–Crippen LogP) is -0.993. The molecule has 0 aromatic carbocycles. The highest BCUT2D eigenvalue weighted by atomic mass is 16.4. The van der Waals surface area contributed by atoms with Gasteiger partial charge >= 0.3 is 12.0 Å². The van der Waals surface area contributed by atoms with Gasteiger partial charge in [-0.15, -0.1) is 0 Å². The molecule has 1 rings (SSSR count). The van der Waals surface area contributed by atoms with Gasteiger partial charge in [0.05, 0.1) is 19.3 Å². The van der Waals surface area contributed by atoms with E-state index in [1.165, 1.54) is 4.90 Å². The molecular weight excluding hydrogens is 240 g/mol. The van der Waals surface area contributed by atoms with Crippen molar-refractivity contribution >= 4 is 12.0 Å². The molecule has 18 heavy (non-hydrogen) atoms. The summed E-state index contributed by atoms with van der Waals surface area (Å²) in [5.74, 6) is -1.37. The highest BCUT2D eigenvalue weighted by Crippen LogP contribution is 2.01. The quantitative estimate of drug-likeness (QED) is 0.626. The number of aromatic nitrogens is 2. The molecule has 1 unspecified atom stereocenters. The number of aryl methyl sites for hydroxylation is 1. The van der Waals surface area contributed by atoms with Gasteiger partial charge in [0.2, 0.25) is 0 Å². The minimum Gasteiger partial charge on any atom is -0.479 e. The van der Waals surface area contributed by atoms with E-state index in [0.29, 0.717) is 6.54 Å². The summed E-state index contributed by atoms with van der Waals surface area (Å²) in [6, 6.07) is -0.459. The minimum absolute atomic E-state index is 0.328. The minimum atomic E-state index is -1.60. The van der Waals surface area contributed by atoms with Gasteiger partial charge in [0.15, 0.2) is 6.10 Å². The Morgan fingerprint density at radius 3 is 2.78 bits per heavy atom. The summed E-state index contributed by atoms with van der Waals surface area (Å²) in [6.07, 6.45) is 1.81. The smallest absolute Gasteiger partial charge is 0.334 e. The lowest BCUT2D eigenvalue weighted by Crippen LogP contribution is -2.42. The van der Waals surface area contributed by atoms with Crippen LogP contribution in [0.25, 0.3) is 0 Å². The van der Waals surface area contributed by atoms with Crippen molar-refractivity contribution in [2.24, 2.45) is 7.05 Å². The Hall–Kier alpha value is -2.09. The van der Waals surface area contributed by atoms with Gasteiger partial charge in [-0.1, -0.05) is 0 Å². The molecule has 0 aliphatic carbocycles. The van der Waals surface area contributed by atoms with Crippen LogP contribution in [0.5, 0.6) is 0 Å². The number of aliphatic hydroxyl groups excluding tert-OH is 1. The Balaban J connectivity index is 2.39. The maximum atomic E-state index is 11.6. The summed E-state index contributed by atoms with van der Waals surface area (Å²) in [5.41, 5.74) is 0.855. The van der Waals surface area contributed by atoms with Gasteiger partial charge in [-0.25, -0.2) is 9.59 Å². The second-order valence-electron chi connectivity index (χ2n) is 3.92. The number of nitrogens with one attached hydrogen (secondary N) is 1. The molecule has 0 fully saturated rings. The molecular formula is C10H16N4O4. The van der Waals surface area contributed by atoms with Crippen LogP contribution in [-0.4, -0.2) is 56.6 Å². The Morgan fingerprint density at radius 2 is 2.28 bits per heavy atom. The normalized spacial score (nSPS) is 11.9. The van der Waals surface area contributed by atoms with Gasteiger partial charge in [-0.2, -0.15) is 5.10 Å². The molecule has 0 aliphatic rings. The van der Waals surface area contributed by atoms with E-state index in [0.717, 1.165) is 5.56 Å². The van der Waals surface area contributed by atoms with E-state index in [2.05, 4.69) is 10.4 Å². The van der Waals surface area contributed by atoms with Crippen LogP contribution in [0.3, 0.4) is 0 Å². The number of carbonyl (C=O) groups excluding carboxylic acids is 1. The molecule has 1 heterocycles. The van der Waals surface area contributed by atoms with Crippen LogP contribution in [0, 0.1) is 0 Å². The van der Waals surface area contributed by atoms with Crippen molar-refractivity contribution in [2.75, 3.05) is 13.6 Å². The third kappa shape index (κ3) is 4.06. The van der Waals surface area contributed by atoms with Gasteiger partial charge in [0.25, 0.3) is 0 Å². The molecule has 100 valence electrons. The lowest BCUT2D eigenvalue weighted by molar-refractivity contribution is -0.146. The lowest BCUT2D eigenvalue weighted by atomic mass is 10.3. The largest absolute Gasteiger partial charge is 0.479 e. The van der Waals surface area contributed by atoms with Crippen LogP contribution in [-0.2, 0) is 18.4 Å². The summed E-state index contributed by atoms with van der Waals surface area (Å²) in [4.78, 5) is 23.3. The molecule has 0 saturated heterocycles. The van der Waals surface area contributed by atoms with E-state index >= 15 is 0 Å². The van der Waals surface area contributed by atoms with E-state index < -0.39 is 18.1 Å². The fourth-order valence-corrected chi connectivity index (χ4v) is 1.31. The first-order valence-electron chi connectivity index (χ1n) is 5.27. The zero-order valence-electron chi connectivity index (χ0n) is 10.2.